The molecule has 3 rings (SSSR count). The molecule has 6 nitrogen and oxygen atoms in total. The Labute approximate surface area is 162 Å². The van der Waals surface area contributed by atoms with Gasteiger partial charge in [0, 0.05) is 30.4 Å². The van der Waals surface area contributed by atoms with E-state index in [0.29, 0.717) is 27.5 Å². The third-order valence-electron chi connectivity index (χ3n) is 4.51. The molecule has 1 N–H and O–H groups in total. The highest BCUT2D eigenvalue weighted by Crippen LogP contribution is 2.31. The van der Waals surface area contributed by atoms with Crippen LogP contribution >= 0.6 is 11.6 Å². The molecule has 0 saturated carbocycles. The van der Waals surface area contributed by atoms with E-state index in [9.17, 15) is 14.4 Å². The second-order valence-electron chi connectivity index (χ2n) is 6.63. The van der Waals surface area contributed by atoms with Gasteiger partial charge in [-0.3, -0.25) is 14.4 Å². The highest BCUT2D eigenvalue weighted by atomic mass is 35.5. The van der Waals surface area contributed by atoms with Crippen molar-refractivity contribution in [3.63, 3.8) is 0 Å². The lowest BCUT2D eigenvalue weighted by atomic mass is 10.1. The third-order valence-corrected chi connectivity index (χ3v) is 4.92. The van der Waals surface area contributed by atoms with Gasteiger partial charge in [-0.25, -0.2) is 4.90 Å². The average Bonchev–Trinajstić information content (AvgIpc) is 2.91. The minimum Gasteiger partial charge on any atom is -0.373 e. The molecular weight excluding hydrogens is 366 g/mol. The molecule has 1 atom stereocenters. The summed E-state index contributed by atoms with van der Waals surface area (Å²) in [5.41, 5.74) is 2.42. The fourth-order valence-electron chi connectivity index (χ4n) is 3.00. The topological polar surface area (TPSA) is 69.7 Å². The number of carbonyl (C=O) groups is 3. The molecule has 1 aliphatic rings. The molecule has 1 aliphatic heterocycles. The minimum atomic E-state index is -0.661. The Morgan fingerprint density at radius 1 is 1.15 bits per heavy atom. The number of benzene rings is 2. The second-order valence-corrected chi connectivity index (χ2v) is 7.04. The maximum atomic E-state index is 12.8. The van der Waals surface area contributed by atoms with E-state index in [2.05, 4.69) is 5.32 Å². The van der Waals surface area contributed by atoms with Crippen LogP contribution in [0.25, 0.3) is 0 Å². The monoisotopic (exact) mass is 385 g/mol. The van der Waals surface area contributed by atoms with E-state index >= 15 is 0 Å². The van der Waals surface area contributed by atoms with Crippen LogP contribution in [0.1, 0.15) is 22.3 Å². The van der Waals surface area contributed by atoms with E-state index in [-0.39, 0.29) is 24.1 Å². The van der Waals surface area contributed by atoms with Crippen LogP contribution in [-0.4, -0.2) is 42.8 Å². The molecule has 7 heteroatoms. The van der Waals surface area contributed by atoms with Gasteiger partial charge in [-0.15, -0.1) is 0 Å². The molecule has 2 aromatic rings. The predicted molar refractivity (Wildman–Crippen MR) is 105 cm³/mol. The van der Waals surface area contributed by atoms with Crippen LogP contribution in [0.15, 0.2) is 42.5 Å². The summed E-state index contributed by atoms with van der Waals surface area (Å²) in [6.07, 6.45) is 0.0587. The summed E-state index contributed by atoms with van der Waals surface area (Å²) in [6, 6.07) is 11.3. The summed E-state index contributed by atoms with van der Waals surface area (Å²) < 4.78 is 0. The van der Waals surface area contributed by atoms with E-state index in [1.165, 1.54) is 9.80 Å². The van der Waals surface area contributed by atoms with Gasteiger partial charge in [0.1, 0.15) is 6.04 Å². The lowest BCUT2D eigenvalue weighted by Crippen LogP contribution is -2.35. The van der Waals surface area contributed by atoms with Gasteiger partial charge in [0.2, 0.25) is 5.91 Å². The van der Waals surface area contributed by atoms with Gasteiger partial charge in [0.25, 0.3) is 11.8 Å². The number of hydrogen-bond donors (Lipinski definition) is 1. The third kappa shape index (κ3) is 3.66. The molecule has 1 fully saturated rings. The fraction of sp³-hybridized carbons (Fsp3) is 0.250. The molecule has 0 bridgehead atoms. The van der Waals surface area contributed by atoms with Gasteiger partial charge >= 0.3 is 0 Å². The van der Waals surface area contributed by atoms with Crippen molar-refractivity contribution in [3.05, 3.63) is 58.6 Å². The number of nitrogens with one attached hydrogen (secondary N) is 1. The molecule has 0 aromatic heterocycles. The van der Waals surface area contributed by atoms with E-state index in [1.807, 2.05) is 0 Å². The van der Waals surface area contributed by atoms with E-state index in [0.717, 1.165) is 0 Å². The average molecular weight is 386 g/mol. The molecule has 1 heterocycles. The normalized spacial score (nSPS) is 16.6. The first-order valence-electron chi connectivity index (χ1n) is 8.49. The minimum absolute atomic E-state index is 0.0587. The Balaban J connectivity index is 1.78. The number of nitrogens with zero attached hydrogens (tertiary/aromatic N) is 2. The first-order chi connectivity index (χ1) is 12.8. The number of halogens is 1. The molecule has 0 unspecified atom stereocenters. The van der Waals surface area contributed by atoms with Crippen molar-refractivity contribution in [3.8, 4) is 0 Å². The lowest BCUT2D eigenvalue weighted by Gasteiger charge is -2.19. The van der Waals surface area contributed by atoms with Crippen LogP contribution in [0.3, 0.4) is 0 Å². The zero-order valence-electron chi connectivity index (χ0n) is 15.3. The first kappa shape index (κ1) is 18.9. The number of carbonyl (C=O) groups excluding carboxylic acids is 3. The highest BCUT2D eigenvalue weighted by molar-refractivity contribution is 6.32. The number of amides is 3. The summed E-state index contributed by atoms with van der Waals surface area (Å²) in [5, 5.41) is 3.59. The second kappa shape index (κ2) is 7.40. The van der Waals surface area contributed by atoms with Crippen LogP contribution in [-0.2, 0) is 9.59 Å². The Morgan fingerprint density at radius 2 is 1.81 bits per heavy atom. The standard InChI is InChI=1S/C20H20ClN3O3/c1-12-15(21)5-4-6-17(12)24-18(25)11-16(20(24)27)22-14-9-7-13(8-10-14)19(26)23(2)3/h4-10,16,22H,11H2,1-3H3/t16-/m0/s1. The molecular formula is C20H20ClN3O3. The van der Waals surface area contributed by atoms with Crippen molar-refractivity contribution in [1.82, 2.24) is 4.90 Å². The highest BCUT2D eigenvalue weighted by Gasteiger charge is 2.40. The van der Waals surface area contributed by atoms with Crippen molar-refractivity contribution in [1.29, 1.82) is 0 Å². The predicted octanol–water partition coefficient (Wildman–Crippen LogP) is 3.09. The number of rotatable bonds is 4. The largest absolute Gasteiger partial charge is 0.373 e. The summed E-state index contributed by atoms with van der Waals surface area (Å²) in [7, 11) is 3.37. The molecule has 2 aromatic carbocycles. The van der Waals surface area contributed by atoms with Crippen molar-refractivity contribution in [2.75, 3.05) is 24.3 Å². The van der Waals surface area contributed by atoms with E-state index < -0.39 is 6.04 Å². The maximum absolute atomic E-state index is 12.8. The molecule has 3 amide bonds. The van der Waals surface area contributed by atoms with Crippen molar-refractivity contribution in [2.45, 2.75) is 19.4 Å². The summed E-state index contributed by atoms with van der Waals surface area (Å²) in [6.45, 7) is 1.78. The van der Waals surface area contributed by atoms with Gasteiger partial charge in [-0.2, -0.15) is 0 Å². The number of anilines is 2. The fourth-order valence-corrected chi connectivity index (χ4v) is 3.17. The lowest BCUT2D eigenvalue weighted by molar-refractivity contribution is -0.121. The smallest absolute Gasteiger partial charge is 0.256 e. The Kier molecular flexibility index (Phi) is 5.19. The SMILES string of the molecule is Cc1c(Cl)cccc1N1C(=O)C[C@H](Nc2ccc(C(=O)N(C)C)cc2)C1=O. The first-order valence-corrected chi connectivity index (χ1v) is 8.87. The van der Waals surface area contributed by atoms with Gasteiger partial charge < -0.3 is 10.2 Å². The van der Waals surface area contributed by atoms with Crippen LogP contribution in [0.5, 0.6) is 0 Å². The zero-order chi connectivity index (χ0) is 19.7. The molecule has 0 spiro atoms. The van der Waals surface area contributed by atoms with E-state index in [4.69, 9.17) is 11.6 Å². The quantitative estimate of drug-likeness (QED) is 0.821. The van der Waals surface area contributed by atoms with E-state index in [1.54, 1.807) is 63.5 Å². The summed E-state index contributed by atoms with van der Waals surface area (Å²) in [4.78, 5) is 39.8. The molecule has 1 saturated heterocycles. The van der Waals surface area contributed by atoms with Gasteiger partial charge in [-0.05, 0) is 48.9 Å². The molecule has 0 aliphatic carbocycles. The van der Waals surface area contributed by atoms with Crippen LogP contribution in [0.4, 0.5) is 11.4 Å². The molecule has 140 valence electrons. The number of imide groups is 1. The summed E-state index contributed by atoms with van der Waals surface area (Å²) >= 11 is 6.12. The zero-order valence-corrected chi connectivity index (χ0v) is 16.1. The van der Waals surface area contributed by atoms with Gasteiger partial charge in [0.05, 0.1) is 12.1 Å². The Morgan fingerprint density at radius 3 is 2.44 bits per heavy atom. The molecule has 0 radical (unpaired) electrons. The Bertz CT molecular complexity index is 909. The Hall–Kier alpha value is -2.86. The van der Waals surface area contributed by atoms with Crippen molar-refractivity contribution < 1.29 is 14.4 Å². The van der Waals surface area contributed by atoms with Crippen molar-refractivity contribution in [2.24, 2.45) is 0 Å². The van der Waals surface area contributed by atoms with Crippen LogP contribution in [0, 0.1) is 6.92 Å². The van der Waals surface area contributed by atoms with Crippen LogP contribution in [0.2, 0.25) is 5.02 Å². The molecule has 27 heavy (non-hydrogen) atoms. The summed E-state index contributed by atoms with van der Waals surface area (Å²) in [5.74, 6) is -0.697. The number of hydrogen-bond acceptors (Lipinski definition) is 4. The van der Waals surface area contributed by atoms with Crippen LogP contribution < -0.4 is 10.2 Å². The van der Waals surface area contributed by atoms with Gasteiger partial charge in [0.15, 0.2) is 0 Å². The maximum Gasteiger partial charge on any atom is 0.256 e. The van der Waals surface area contributed by atoms with Crippen molar-refractivity contribution >= 4 is 40.7 Å². The van der Waals surface area contributed by atoms with Gasteiger partial charge in [-0.1, -0.05) is 17.7 Å².